The first-order valence-corrected chi connectivity index (χ1v) is 9.51. The third-order valence-corrected chi connectivity index (χ3v) is 4.95. The van der Waals surface area contributed by atoms with Crippen molar-refractivity contribution in [2.24, 2.45) is 0 Å². The van der Waals surface area contributed by atoms with E-state index < -0.39 is 5.92 Å². The Labute approximate surface area is 165 Å². The van der Waals surface area contributed by atoms with Crippen LogP contribution >= 0.6 is 0 Å². The maximum Gasteiger partial charge on any atom is 0.232 e. The standard InChI is InChI=1S/C22H26N2O4/c1-4-5-6-14-7-9-15(10-8-14)23-22(26)17-12-21(25)24-18-13-20(28-3)19(27-2)11-16(17)18/h7-11,13,17H,4-6,12H2,1-3H3,(H,23,26)(H,24,25)/t17-/m1/s1. The molecule has 2 aromatic carbocycles. The van der Waals surface area contributed by atoms with E-state index in [9.17, 15) is 9.59 Å². The van der Waals surface area contributed by atoms with E-state index in [2.05, 4.69) is 17.6 Å². The number of aryl methyl sites for hydroxylation is 1. The smallest absolute Gasteiger partial charge is 0.232 e. The van der Waals surface area contributed by atoms with Crippen LogP contribution in [0.5, 0.6) is 11.5 Å². The number of carbonyl (C=O) groups is 2. The average molecular weight is 382 g/mol. The molecule has 0 saturated heterocycles. The summed E-state index contributed by atoms with van der Waals surface area (Å²) < 4.78 is 10.6. The summed E-state index contributed by atoms with van der Waals surface area (Å²) in [5.41, 5.74) is 3.26. The first kappa shape index (κ1) is 19.7. The molecular formula is C22H26N2O4. The maximum absolute atomic E-state index is 12.9. The molecular weight excluding hydrogens is 356 g/mol. The highest BCUT2D eigenvalue weighted by molar-refractivity contribution is 6.05. The lowest BCUT2D eigenvalue weighted by Crippen LogP contribution is -2.30. The summed E-state index contributed by atoms with van der Waals surface area (Å²) in [5.74, 6) is 0.0171. The zero-order valence-electron chi connectivity index (χ0n) is 16.5. The van der Waals surface area contributed by atoms with Gasteiger partial charge in [-0.15, -0.1) is 0 Å². The number of carbonyl (C=O) groups excluding carboxylic acids is 2. The number of hydrogen-bond acceptors (Lipinski definition) is 4. The molecule has 1 atom stereocenters. The van der Waals surface area contributed by atoms with Crippen molar-refractivity contribution in [1.29, 1.82) is 0 Å². The van der Waals surface area contributed by atoms with E-state index in [0.29, 0.717) is 22.7 Å². The molecule has 148 valence electrons. The molecule has 0 fully saturated rings. The largest absolute Gasteiger partial charge is 0.493 e. The average Bonchev–Trinajstić information content (AvgIpc) is 2.71. The molecule has 1 aliphatic rings. The number of unbranched alkanes of at least 4 members (excludes halogenated alkanes) is 1. The first-order chi connectivity index (χ1) is 13.5. The van der Waals surface area contributed by atoms with Crippen molar-refractivity contribution < 1.29 is 19.1 Å². The van der Waals surface area contributed by atoms with Crippen LogP contribution in [-0.2, 0) is 16.0 Å². The van der Waals surface area contributed by atoms with E-state index in [1.54, 1.807) is 19.2 Å². The molecule has 3 rings (SSSR count). The van der Waals surface area contributed by atoms with E-state index in [4.69, 9.17) is 9.47 Å². The third-order valence-electron chi connectivity index (χ3n) is 4.95. The Morgan fingerprint density at radius 2 is 1.82 bits per heavy atom. The van der Waals surface area contributed by atoms with E-state index >= 15 is 0 Å². The molecule has 0 radical (unpaired) electrons. The molecule has 28 heavy (non-hydrogen) atoms. The summed E-state index contributed by atoms with van der Waals surface area (Å²) in [5, 5.41) is 5.74. The number of fused-ring (bicyclic) bond motifs is 1. The molecule has 0 unspecified atom stereocenters. The number of hydrogen-bond donors (Lipinski definition) is 2. The topological polar surface area (TPSA) is 76.7 Å². The van der Waals surface area contributed by atoms with Crippen molar-refractivity contribution in [3.05, 3.63) is 47.5 Å². The highest BCUT2D eigenvalue weighted by atomic mass is 16.5. The van der Waals surface area contributed by atoms with Crippen molar-refractivity contribution in [1.82, 2.24) is 0 Å². The van der Waals surface area contributed by atoms with Gasteiger partial charge in [-0.05, 0) is 42.2 Å². The SMILES string of the molecule is CCCCc1ccc(NC(=O)[C@@H]2CC(=O)Nc3cc(OC)c(OC)cc32)cc1. The van der Waals surface area contributed by atoms with Crippen LogP contribution in [0.2, 0.25) is 0 Å². The van der Waals surface area contributed by atoms with Crippen molar-refractivity contribution >= 4 is 23.2 Å². The highest BCUT2D eigenvalue weighted by Crippen LogP contribution is 2.40. The van der Waals surface area contributed by atoms with Gasteiger partial charge in [-0.1, -0.05) is 25.5 Å². The van der Waals surface area contributed by atoms with Crippen LogP contribution < -0.4 is 20.1 Å². The molecule has 1 aliphatic heterocycles. The summed E-state index contributed by atoms with van der Waals surface area (Å²) in [7, 11) is 3.07. The van der Waals surface area contributed by atoms with Crippen LogP contribution in [0.3, 0.4) is 0 Å². The molecule has 6 heteroatoms. The summed E-state index contributed by atoms with van der Waals surface area (Å²) in [6.07, 6.45) is 3.41. The summed E-state index contributed by atoms with van der Waals surface area (Å²) in [4.78, 5) is 25.1. The Morgan fingerprint density at radius 1 is 1.14 bits per heavy atom. The minimum Gasteiger partial charge on any atom is -0.493 e. The fourth-order valence-corrected chi connectivity index (χ4v) is 3.39. The molecule has 1 heterocycles. The zero-order chi connectivity index (χ0) is 20.1. The van der Waals surface area contributed by atoms with Gasteiger partial charge in [-0.25, -0.2) is 0 Å². The number of ether oxygens (including phenoxy) is 2. The Bertz CT molecular complexity index is 862. The summed E-state index contributed by atoms with van der Waals surface area (Å²) in [6, 6.07) is 11.3. The Balaban J connectivity index is 1.81. The van der Waals surface area contributed by atoms with Crippen molar-refractivity contribution in [2.45, 2.75) is 38.5 Å². The number of amides is 2. The lowest BCUT2D eigenvalue weighted by Gasteiger charge is -2.26. The molecule has 2 N–H and O–H groups in total. The molecule has 0 saturated carbocycles. The number of benzene rings is 2. The lowest BCUT2D eigenvalue weighted by molar-refractivity contribution is -0.123. The Morgan fingerprint density at radius 3 is 2.46 bits per heavy atom. The lowest BCUT2D eigenvalue weighted by atomic mass is 9.89. The van der Waals surface area contributed by atoms with Gasteiger partial charge < -0.3 is 20.1 Å². The molecule has 0 spiro atoms. The number of nitrogens with one attached hydrogen (secondary N) is 2. The second-order valence-corrected chi connectivity index (χ2v) is 6.89. The van der Waals surface area contributed by atoms with Gasteiger partial charge in [0.2, 0.25) is 11.8 Å². The van der Waals surface area contributed by atoms with Crippen LogP contribution in [0, 0.1) is 0 Å². The van der Waals surface area contributed by atoms with Crippen LogP contribution in [-0.4, -0.2) is 26.0 Å². The van der Waals surface area contributed by atoms with Gasteiger partial charge in [0.25, 0.3) is 0 Å². The van der Waals surface area contributed by atoms with E-state index in [1.165, 1.54) is 12.7 Å². The third kappa shape index (κ3) is 4.27. The van der Waals surface area contributed by atoms with Gasteiger partial charge in [0, 0.05) is 23.9 Å². The normalized spacial score (nSPS) is 15.4. The van der Waals surface area contributed by atoms with Gasteiger partial charge in [0.05, 0.1) is 20.1 Å². The number of anilines is 2. The molecule has 0 aliphatic carbocycles. The van der Waals surface area contributed by atoms with E-state index in [1.807, 2.05) is 24.3 Å². The number of methoxy groups -OCH3 is 2. The molecule has 2 aromatic rings. The Hall–Kier alpha value is -3.02. The molecule has 0 bridgehead atoms. The van der Waals surface area contributed by atoms with Gasteiger partial charge in [0.1, 0.15) is 0 Å². The van der Waals surface area contributed by atoms with Crippen molar-refractivity contribution in [3.8, 4) is 11.5 Å². The quantitative estimate of drug-likeness (QED) is 0.755. The van der Waals surface area contributed by atoms with Crippen LogP contribution in [0.25, 0.3) is 0 Å². The molecule has 2 amide bonds. The minimum absolute atomic E-state index is 0.0862. The second-order valence-electron chi connectivity index (χ2n) is 6.89. The minimum atomic E-state index is -0.594. The Kier molecular flexibility index (Phi) is 6.19. The van der Waals surface area contributed by atoms with Crippen LogP contribution in [0.15, 0.2) is 36.4 Å². The maximum atomic E-state index is 12.9. The fraction of sp³-hybridized carbons (Fsp3) is 0.364. The van der Waals surface area contributed by atoms with E-state index in [0.717, 1.165) is 24.9 Å². The van der Waals surface area contributed by atoms with Crippen molar-refractivity contribution in [2.75, 3.05) is 24.9 Å². The summed E-state index contributed by atoms with van der Waals surface area (Å²) >= 11 is 0. The van der Waals surface area contributed by atoms with Gasteiger partial charge in [0.15, 0.2) is 11.5 Å². The van der Waals surface area contributed by atoms with Crippen LogP contribution in [0.4, 0.5) is 11.4 Å². The predicted octanol–water partition coefficient (Wildman–Crippen LogP) is 4.11. The predicted molar refractivity (Wildman–Crippen MR) is 109 cm³/mol. The number of rotatable bonds is 7. The summed E-state index contributed by atoms with van der Waals surface area (Å²) in [6.45, 7) is 2.16. The fourth-order valence-electron chi connectivity index (χ4n) is 3.39. The van der Waals surface area contributed by atoms with Gasteiger partial charge >= 0.3 is 0 Å². The van der Waals surface area contributed by atoms with Gasteiger partial charge in [-0.3, -0.25) is 9.59 Å². The van der Waals surface area contributed by atoms with E-state index in [-0.39, 0.29) is 18.2 Å². The highest BCUT2D eigenvalue weighted by Gasteiger charge is 2.32. The monoisotopic (exact) mass is 382 g/mol. The van der Waals surface area contributed by atoms with Crippen molar-refractivity contribution in [3.63, 3.8) is 0 Å². The second kappa shape index (κ2) is 8.78. The molecule has 0 aromatic heterocycles. The van der Waals surface area contributed by atoms with Crippen LogP contribution in [0.1, 0.15) is 43.2 Å². The van der Waals surface area contributed by atoms with Gasteiger partial charge in [-0.2, -0.15) is 0 Å². The first-order valence-electron chi connectivity index (χ1n) is 9.51. The molecule has 6 nitrogen and oxygen atoms in total. The zero-order valence-corrected chi connectivity index (χ0v) is 16.5.